The lowest BCUT2D eigenvalue weighted by Gasteiger charge is -2.30. The molecule has 0 saturated carbocycles. The van der Waals surface area contributed by atoms with Gasteiger partial charge in [-0.15, -0.1) is 0 Å². The molecule has 6 heteroatoms. The largest absolute Gasteiger partial charge is 0.423 e. The molecule has 8 aromatic carbocycles. The second-order valence-electron chi connectivity index (χ2n) is 23.1. The van der Waals surface area contributed by atoms with E-state index in [4.69, 9.17) is 24.5 Å². The third-order valence-electron chi connectivity index (χ3n) is 17.0. The Kier molecular flexibility index (Phi) is 21.2. The normalized spacial score (nSPS) is 13.9. The van der Waals surface area contributed by atoms with Crippen molar-refractivity contribution in [2.75, 3.05) is 0 Å². The van der Waals surface area contributed by atoms with Crippen molar-refractivity contribution in [2.45, 2.75) is 167 Å². The van der Waals surface area contributed by atoms with Gasteiger partial charge in [-0.1, -0.05) is 251 Å². The maximum Gasteiger partial charge on any atom is 0.343 e. The third-order valence-corrected chi connectivity index (χ3v) is 17.0. The molecule has 2 aliphatic rings. The van der Waals surface area contributed by atoms with Crippen LogP contribution in [0.3, 0.4) is 0 Å². The monoisotopic (exact) mass is 1100 g/mol. The van der Waals surface area contributed by atoms with Crippen molar-refractivity contribution in [2.24, 2.45) is 9.98 Å². The van der Waals surface area contributed by atoms with E-state index in [-0.39, 0.29) is 6.61 Å². The molecule has 6 nitrogen and oxygen atoms in total. The van der Waals surface area contributed by atoms with Crippen molar-refractivity contribution in [1.29, 1.82) is 0 Å². The number of hydrogen-bond acceptors (Lipinski definition) is 6. The molecule has 0 aliphatic heterocycles. The van der Waals surface area contributed by atoms with Crippen LogP contribution < -0.4 is 9.62 Å². The summed E-state index contributed by atoms with van der Waals surface area (Å²) in [6.45, 7) is 4.83. The Morgan fingerprint density at radius 2 is 0.795 bits per heavy atom. The zero-order chi connectivity index (χ0) is 56.9. The minimum atomic E-state index is -0.695. The molecular weight excluding hydrogens is 1020 g/mol. The fraction of sp³-hybridized carbons (Fsp3) is 0.338. The molecular formula is C77H84N2O4. The summed E-state index contributed by atoms with van der Waals surface area (Å²) in [6, 6.07) is 62.4. The number of benzene rings is 8. The summed E-state index contributed by atoms with van der Waals surface area (Å²) in [5.41, 5.74) is 16.3. The molecule has 10 rings (SSSR count). The molecule has 1 spiro atoms. The van der Waals surface area contributed by atoms with Gasteiger partial charge in [0.15, 0.2) is 5.75 Å². The van der Waals surface area contributed by atoms with Gasteiger partial charge in [-0.3, -0.25) is 9.98 Å². The number of carbonyl (C=O) groups is 1. The fourth-order valence-corrected chi connectivity index (χ4v) is 12.4. The summed E-state index contributed by atoms with van der Waals surface area (Å²) in [5, 5.41) is 0. The Morgan fingerprint density at radius 1 is 0.398 bits per heavy atom. The van der Waals surface area contributed by atoms with Crippen LogP contribution in [-0.4, -0.2) is 18.4 Å². The van der Waals surface area contributed by atoms with Crippen molar-refractivity contribution in [3.05, 3.63) is 238 Å². The number of ether oxygens (including phenoxy) is 1. The van der Waals surface area contributed by atoms with Crippen LogP contribution in [0.25, 0.3) is 22.3 Å². The Bertz CT molecular complexity index is 3380. The quantitative estimate of drug-likeness (QED) is 0.0105. The first kappa shape index (κ1) is 58.5. The standard InChI is InChI=1S/C77H84N2O4/c1-3-5-7-9-11-13-15-17-19-21-27-58-39-45-64(46-40-58)78-55-60-33-35-62(36-34-60)57-81-83-67-50-52-71-69-30-24-26-32-73(69)77(75(71)54-67)72-31-25-23-29-68(72)70-51-49-66(53-74(70)77)82-76(80)63-43-37-61(38-44-63)56-79-65-47-41-59(42-48-65)28-22-20-18-16-14-12-10-8-6-4-2/h23-26,29-56H,3-22,27-28,57H2,1-2H3/b78-55+,79-56+. The number of carbonyl (C=O) groups excluding carboxylic acids is 1. The highest BCUT2D eigenvalue weighted by molar-refractivity contribution is 5.96. The van der Waals surface area contributed by atoms with Crippen LogP contribution in [0, 0.1) is 0 Å². The number of rotatable bonds is 32. The second-order valence-corrected chi connectivity index (χ2v) is 23.1. The fourth-order valence-electron chi connectivity index (χ4n) is 12.4. The van der Waals surface area contributed by atoms with Gasteiger partial charge in [0.25, 0.3) is 0 Å². The zero-order valence-corrected chi connectivity index (χ0v) is 49.3. The van der Waals surface area contributed by atoms with Gasteiger partial charge in [0, 0.05) is 12.4 Å². The highest BCUT2D eigenvalue weighted by atomic mass is 17.2. The van der Waals surface area contributed by atoms with Gasteiger partial charge in [-0.2, -0.15) is 4.89 Å². The first-order chi connectivity index (χ1) is 41.0. The topological polar surface area (TPSA) is 69.5 Å². The highest BCUT2D eigenvalue weighted by Crippen LogP contribution is 2.63. The summed E-state index contributed by atoms with van der Waals surface area (Å²) in [4.78, 5) is 35.5. The molecule has 2 aliphatic carbocycles. The van der Waals surface area contributed by atoms with Crippen molar-refractivity contribution in [3.63, 3.8) is 0 Å². The maximum absolute atomic E-state index is 13.9. The number of unbranched alkanes of at least 4 members (excludes halogenated alkanes) is 18. The average molecular weight is 1100 g/mol. The Labute approximate surface area is 495 Å². The van der Waals surface area contributed by atoms with Gasteiger partial charge >= 0.3 is 5.97 Å². The van der Waals surface area contributed by atoms with Crippen molar-refractivity contribution < 1.29 is 19.3 Å². The lowest BCUT2D eigenvalue weighted by molar-refractivity contribution is -0.217. The first-order valence-corrected chi connectivity index (χ1v) is 31.5. The average Bonchev–Trinajstić information content (AvgIpc) is 1.57. The van der Waals surface area contributed by atoms with Crippen LogP contribution in [0.2, 0.25) is 0 Å². The lowest BCUT2D eigenvalue weighted by Crippen LogP contribution is -2.26. The zero-order valence-electron chi connectivity index (χ0n) is 49.3. The molecule has 0 heterocycles. The van der Waals surface area contributed by atoms with Gasteiger partial charge < -0.3 is 9.62 Å². The summed E-state index contributed by atoms with van der Waals surface area (Å²) in [7, 11) is 0. The molecule has 1 atom stereocenters. The Hall–Kier alpha value is -7.67. The van der Waals surface area contributed by atoms with E-state index in [0.717, 1.165) is 74.3 Å². The molecule has 83 heavy (non-hydrogen) atoms. The highest BCUT2D eigenvalue weighted by Gasteiger charge is 2.52. The molecule has 0 fully saturated rings. The smallest absolute Gasteiger partial charge is 0.343 e. The van der Waals surface area contributed by atoms with E-state index in [1.807, 2.05) is 36.7 Å². The number of fused-ring (bicyclic) bond motifs is 10. The SMILES string of the molecule is CCCCCCCCCCCCc1ccc(/N=C/c2ccc(COOc3ccc4c(c3)C3(c5ccccc5-4)c4ccccc4-c4ccc(OC(=O)c5ccc(/C=N/c6ccc(CCCCCCCCCCCC)cc6)cc5)cc43)cc2)cc1. The number of aryl methyl sites for hydroxylation is 2. The lowest BCUT2D eigenvalue weighted by atomic mass is 9.70. The minimum absolute atomic E-state index is 0.269. The molecule has 0 aromatic heterocycles. The summed E-state index contributed by atoms with van der Waals surface area (Å²) < 4.78 is 6.22. The van der Waals surface area contributed by atoms with Crippen LogP contribution >= 0.6 is 0 Å². The van der Waals surface area contributed by atoms with Crippen LogP contribution in [-0.2, 0) is 29.8 Å². The van der Waals surface area contributed by atoms with Gasteiger partial charge in [0.05, 0.1) is 22.4 Å². The van der Waals surface area contributed by atoms with Gasteiger partial charge in [0.2, 0.25) is 0 Å². The predicted octanol–water partition coefficient (Wildman–Crippen LogP) is 21.2. The number of esters is 1. The van der Waals surface area contributed by atoms with Gasteiger partial charge in [0.1, 0.15) is 12.4 Å². The van der Waals surface area contributed by atoms with Crippen LogP contribution in [0.5, 0.6) is 11.5 Å². The van der Waals surface area contributed by atoms with E-state index in [9.17, 15) is 4.79 Å². The molecule has 0 saturated heterocycles. The van der Waals surface area contributed by atoms with E-state index in [2.05, 4.69) is 159 Å². The van der Waals surface area contributed by atoms with E-state index in [1.54, 1.807) is 12.1 Å². The summed E-state index contributed by atoms with van der Waals surface area (Å²) in [6.07, 6.45) is 33.0. The molecule has 426 valence electrons. The van der Waals surface area contributed by atoms with Crippen LogP contribution in [0.4, 0.5) is 11.4 Å². The number of nitrogens with zero attached hydrogens (tertiary/aromatic N) is 2. The minimum Gasteiger partial charge on any atom is -0.423 e. The number of hydrogen-bond donors (Lipinski definition) is 0. The van der Waals surface area contributed by atoms with Crippen molar-refractivity contribution in [1.82, 2.24) is 0 Å². The van der Waals surface area contributed by atoms with Crippen molar-refractivity contribution in [3.8, 4) is 33.8 Å². The second kappa shape index (κ2) is 30.0. The number of aliphatic imine (C=N–C) groups is 2. The molecule has 1 unspecified atom stereocenters. The summed E-state index contributed by atoms with van der Waals surface area (Å²) >= 11 is 0. The molecule has 0 radical (unpaired) electrons. The van der Waals surface area contributed by atoms with E-state index in [0.29, 0.717) is 17.1 Å². The molecule has 0 bridgehead atoms. The van der Waals surface area contributed by atoms with Crippen LogP contribution in [0.15, 0.2) is 192 Å². The first-order valence-electron chi connectivity index (χ1n) is 31.5. The third kappa shape index (κ3) is 15.1. The molecule has 0 amide bonds. The van der Waals surface area contributed by atoms with Crippen molar-refractivity contribution >= 4 is 29.8 Å². The molecule has 8 aromatic rings. The van der Waals surface area contributed by atoms with E-state index >= 15 is 0 Å². The summed E-state index contributed by atoms with van der Waals surface area (Å²) in [5.74, 6) is 0.656. The van der Waals surface area contributed by atoms with Gasteiger partial charge in [-0.25, -0.2) is 4.79 Å². The Balaban J connectivity index is 0.741. The van der Waals surface area contributed by atoms with E-state index in [1.165, 1.54) is 151 Å². The Morgan fingerprint density at radius 3 is 1.28 bits per heavy atom. The maximum atomic E-state index is 13.9. The molecule has 0 N–H and O–H groups in total. The van der Waals surface area contributed by atoms with Crippen LogP contribution in [0.1, 0.15) is 203 Å². The predicted molar refractivity (Wildman–Crippen MR) is 344 cm³/mol. The van der Waals surface area contributed by atoms with Gasteiger partial charge in [-0.05, 0) is 159 Å². The van der Waals surface area contributed by atoms with E-state index < -0.39 is 11.4 Å².